The predicted octanol–water partition coefficient (Wildman–Crippen LogP) is -1.05. The molecule has 0 saturated heterocycles. The van der Waals surface area contributed by atoms with Gasteiger partial charge in [0.2, 0.25) is 5.91 Å². The molecule has 23 heavy (non-hydrogen) atoms. The van der Waals surface area contributed by atoms with E-state index in [0.29, 0.717) is 5.52 Å². The Labute approximate surface area is 130 Å². The van der Waals surface area contributed by atoms with Crippen molar-refractivity contribution in [3.8, 4) is 0 Å². The SMILES string of the molecule is CC(=O)NC(c1nc2cc(F)ccc2[nH]1)[C@@H](O)[C@@H](O)C(O)CO. The van der Waals surface area contributed by atoms with Crippen molar-refractivity contribution in [2.24, 2.45) is 0 Å². The van der Waals surface area contributed by atoms with E-state index in [-0.39, 0.29) is 11.3 Å². The summed E-state index contributed by atoms with van der Waals surface area (Å²) in [5, 5.41) is 40.7. The number of carbonyl (C=O) groups is 1. The fourth-order valence-electron chi connectivity index (χ4n) is 2.21. The average molecular weight is 327 g/mol. The molecule has 1 heterocycles. The molecular weight excluding hydrogens is 309 g/mol. The number of rotatable bonds is 6. The lowest BCUT2D eigenvalue weighted by Crippen LogP contribution is -2.47. The van der Waals surface area contributed by atoms with Crippen molar-refractivity contribution in [2.75, 3.05) is 6.61 Å². The van der Waals surface area contributed by atoms with Crippen LogP contribution in [0.25, 0.3) is 11.0 Å². The number of aromatic nitrogens is 2. The van der Waals surface area contributed by atoms with Crippen LogP contribution >= 0.6 is 0 Å². The first-order valence-corrected chi connectivity index (χ1v) is 6.90. The molecule has 1 aromatic heterocycles. The minimum Gasteiger partial charge on any atom is -0.394 e. The number of hydrogen-bond acceptors (Lipinski definition) is 6. The highest BCUT2D eigenvalue weighted by atomic mass is 19.1. The monoisotopic (exact) mass is 327 g/mol. The van der Waals surface area contributed by atoms with Crippen LogP contribution in [-0.4, -0.2) is 61.2 Å². The first-order chi connectivity index (χ1) is 10.8. The topological polar surface area (TPSA) is 139 Å². The van der Waals surface area contributed by atoms with E-state index in [4.69, 9.17) is 5.11 Å². The highest BCUT2D eigenvalue weighted by Gasteiger charge is 2.34. The smallest absolute Gasteiger partial charge is 0.217 e. The standard InChI is InChI=1S/C14H18FN3O5/c1-6(20)16-11(13(23)12(22)10(21)5-19)14-17-8-3-2-7(15)4-9(8)18-14/h2-4,10-13,19,21-23H,5H2,1H3,(H,16,20)(H,17,18)/t10?,11?,12-,13+/m0/s1. The Hall–Kier alpha value is -2.07. The van der Waals surface area contributed by atoms with Gasteiger partial charge in [-0.25, -0.2) is 9.37 Å². The molecule has 0 aliphatic heterocycles. The second-order valence-electron chi connectivity index (χ2n) is 5.19. The zero-order valence-corrected chi connectivity index (χ0v) is 12.3. The van der Waals surface area contributed by atoms with Crippen LogP contribution in [-0.2, 0) is 4.79 Å². The summed E-state index contributed by atoms with van der Waals surface area (Å²) in [7, 11) is 0. The maximum atomic E-state index is 13.2. The summed E-state index contributed by atoms with van der Waals surface area (Å²) in [6.45, 7) is 0.438. The van der Waals surface area contributed by atoms with Crippen LogP contribution in [0.15, 0.2) is 18.2 Å². The number of nitrogens with zero attached hydrogens (tertiary/aromatic N) is 1. The maximum absolute atomic E-state index is 13.2. The average Bonchev–Trinajstić information content (AvgIpc) is 2.92. The van der Waals surface area contributed by atoms with Gasteiger partial charge in [-0.15, -0.1) is 0 Å². The number of aliphatic hydroxyl groups is 4. The van der Waals surface area contributed by atoms with E-state index in [1.165, 1.54) is 25.1 Å². The quantitative estimate of drug-likeness (QED) is 0.400. The van der Waals surface area contributed by atoms with Gasteiger partial charge in [0.1, 0.15) is 36.0 Å². The molecule has 6 N–H and O–H groups in total. The van der Waals surface area contributed by atoms with Crippen molar-refractivity contribution in [3.05, 3.63) is 29.8 Å². The minimum absolute atomic E-state index is 0.0810. The zero-order chi connectivity index (χ0) is 17.1. The number of H-pyrrole nitrogens is 1. The molecule has 0 saturated carbocycles. The lowest BCUT2D eigenvalue weighted by Gasteiger charge is -2.28. The molecule has 126 valence electrons. The number of nitrogens with one attached hydrogen (secondary N) is 2. The van der Waals surface area contributed by atoms with E-state index in [0.717, 1.165) is 0 Å². The van der Waals surface area contributed by atoms with E-state index in [2.05, 4.69) is 15.3 Å². The lowest BCUT2D eigenvalue weighted by molar-refractivity contribution is -0.123. The molecule has 4 atom stereocenters. The van der Waals surface area contributed by atoms with Crippen LogP contribution < -0.4 is 5.32 Å². The normalized spacial score (nSPS) is 16.8. The summed E-state index contributed by atoms with van der Waals surface area (Å²) in [6.07, 6.45) is -4.96. The van der Waals surface area contributed by atoms with Crippen molar-refractivity contribution in [2.45, 2.75) is 31.3 Å². The Bertz CT molecular complexity index is 692. The first kappa shape index (κ1) is 17.3. The van der Waals surface area contributed by atoms with Gasteiger partial charge in [-0.1, -0.05) is 0 Å². The summed E-state index contributed by atoms with van der Waals surface area (Å²) >= 11 is 0. The Balaban J connectivity index is 2.37. The molecule has 2 unspecified atom stereocenters. The van der Waals surface area contributed by atoms with Gasteiger partial charge in [0.15, 0.2) is 0 Å². The number of carbonyl (C=O) groups excluding carboxylic acids is 1. The Morgan fingerprint density at radius 3 is 2.65 bits per heavy atom. The van der Waals surface area contributed by atoms with E-state index in [1.807, 2.05) is 0 Å². The molecule has 0 spiro atoms. The van der Waals surface area contributed by atoms with Crippen LogP contribution in [0.5, 0.6) is 0 Å². The molecule has 0 fully saturated rings. The van der Waals surface area contributed by atoms with Crippen LogP contribution in [0.2, 0.25) is 0 Å². The molecule has 2 rings (SSSR count). The van der Waals surface area contributed by atoms with Crippen molar-refractivity contribution in [3.63, 3.8) is 0 Å². The van der Waals surface area contributed by atoms with Crippen molar-refractivity contribution in [1.29, 1.82) is 0 Å². The lowest BCUT2D eigenvalue weighted by atomic mass is 10.0. The van der Waals surface area contributed by atoms with Crippen LogP contribution in [0, 0.1) is 5.82 Å². The number of aromatic amines is 1. The Kier molecular flexibility index (Phi) is 5.26. The Morgan fingerprint density at radius 1 is 1.35 bits per heavy atom. The van der Waals surface area contributed by atoms with Gasteiger partial charge in [-0.05, 0) is 12.1 Å². The summed E-state index contributed by atoms with van der Waals surface area (Å²) in [5.74, 6) is -0.924. The van der Waals surface area contributed by atoms with Crippen LogP contribution in [0.3, 0.4) is 0 Å². The predicted molar refractivity (Wildman–Crippen MR) is 77.7 cm³/mol. The van der Waals surface area contributed by atoms with Gasteiger partial charge in [0.05, 0.1) is 17.6 Å². The maximum Gasteiger partial charge on any atom is 0.217 e. The van der Waals surface area contributed by atoms with E-state index in [1.54, 1.807) is 0 Å². The highest BCUT2D eigenvalue weighted by molar-refractivity contribution is 5.76. The molecule has 1 amide bonds. The van der Waals surface area contributed by atoms with E-state index >= 15 is 0 Å². The second kappa shape index (κ2) is 7.01. The third-order valence-electron chi connectivity index (χ3n) is 3.39. The van der Waals surface area contributed by atoms with Gasteiger partial charge in [-0.3, -0.25) is 4.79 Å². The molecule has 9 heteroatoms. The van der Waals surface area contributed by atoms with E-state index < -0.39 is 42.7 Å². The molecule has 2 aromatic rings. The van der Waals surface area contributed by atoms with Crippen molar-refractivity contribution >= 4 is 16.9 Å². The third kappa shape index (κ3) is 3.82. The molecule has 1 aromatic carbocycles. The first-order valence-electron chi connectivity index (χ1n) is 6.90. The number of amides is 1. The second-order valence-corrected chi connectivity index (χ2v) is 5.19. The number of hydrogen-bond donors (Lipinski definition) is 6. The molecule has 0 bridgehead atoms. The third-order valence-corrected chi connectivity index (χ3v) is 3.39. The molecular formula is C14H18FN3O5. The fraction of sp³-hybridized carbons (Fsp3) is 0.429. The Morgan fingerprint density at radius 2 is 2.04 bits per heavy atom. The summed E-state index contributed by atoms with van der Waals surface area (Å²) in [6, 6.07) is 2.65. The number of fused-ring (bicyclic) bond motifs is 1. The fourth-order valence-corrected chi connectivity index (χ4v) is 2.21. The van der Waals surface area contributed by atoms with E-state index in [9.17, 15) is 24.5 Å². The number of imidazole rings is 1. The molecule has 8 nitrogen and oxygen atoms in total. The number of benzene rings is 1. The zero-order valence-electron chi connectivity index (χ0n) is 12.3. The van der Waals surface area contributed by atoms with Gasteiger partial charge >= 0.3 is 0 Å². The number of aliphatic hydroxyl groups excluding tert-OH is 4. The van der Waals surface area contributed by atoms with Crippen LogP contribution in [0.1, 0.15) is 18.8 Å². The van der Waals surface area contributed by atoms with Crippen molar-refractivity contribution < 1.29 is 29.6 Å². The van der Waals surface area contributed by atoms with Gasteiger partial charge in [0, 0.05) is 13.0 Å². The highest BCUT2D eigenvalue weighted by Crippen LogP contribution is 2.22. The molecule has 0 aliphatic rings. The number of halogens is 1. The molecule has 0 radical (unpaired) electrons. The summed E-state index contributed by atoms with van der Waals surface area (Å²) < 4.78 is 13.2. The summed E-state index contributed by atoms with van der Waals surface area (Å²) in [4.78, 5) is 18.2. The largest absolute Gasteiger partial charge is 0.394 e. The summed E-state index contributed by atoms with van der Waals surface area (Å²) in [5.41, 5.74) is 0.751. The van der Waals surface area contributed by atoms with Gasteiger partial charge < -0.3 is 30.7 Å². The van der Waals surface area contributed by atoms with Gasteiger partial charge in [0.25, 0.3) is 0 Å². The van der Waals surface area contributed by atoms with Crippen LogP contribution in [0.4, 0.5) is 4.39 Å². The minimum atomic E-state index is -1.72. The molecule has 0 aliphatic carbocycles. The van der Waals surface area contributed by atoms with Crippen molar-refractivity contribution in [1.82, 2.24) is 15.3 Å². The van der Waals surface area contributed by atoms with Gasteiger partial charge in [-0.2, -0.15) is 0 Å².